The Morgan fingerprint density at radius 1 is 1.44 bits per heavy atom. The van der Waals surface area contributed by atoms with Crippen molar-refractivity contribution < 1.29 is 9.59 Å². The molecule has 1 aliphatic heterocycles. The summed E-state index contributed by atoms with van der Waals surface area (Å²) in [6.07, 6.45) is 1.25. The van der Waals surface area contributed by atoms with E-state index in [1.165, 1.54) is 4.90 Å². The summed E-state index contributed by atoms with van der Waals surface area (Å²) in [5.74, 6) is -0.267. The first kappa shape index (κ1) is 11.3. The van der Waals surface area contributed by atoms with Crippen molar-refractivity contribution in [1.82, 2.24) is 4.90 Å². The van der Waals surface area contributed by atoms with Crippen LogP contribution in [0.1, 0.15) is 28.8 Å². The second kappa shape index (κ2) is 4.37. The van der Waals surface area contributed by atoms with Gasteiger partial charge in [0.15, 0.2) is 0 Å². The molecule has 1 saturated heterocycles. The molecule has 0 aromatic heterocycles. The Kier molecular flexibility index (Phi) is 3.10. The number of likely N-dealkylation sites (tertiary alicyclic amines) is 1. The standard InChI is InChI=1S/C12H12BrNO2/c1-8-4-5-10(13)9(7-8)12(16)14-6-2-3-11(14)15/h4-5,7H,2-3,6H2,1H3. The maximum Gasteiger partial charge on any atom is 0.261 e. The van der Waals surface area contributed by atoms with E-state index in [-0.39, 0.29) is 11.8 Å². The van der Waals surface area contributed by atoms with E-state index in [9.17, 15) is 9.59 Å². The summed E-state index contributed by atoms with van der Waals surface area (Å²) in [7, 11) is 0. The number of carbonyl (C=O) groups is 2. The van der Waals surface area contributed by atoms with Crippen LogP contribution in [-0.4, -0.2) is 23.3 Å². The van der Waals surface area contributed by atoms with Gasteiger partial charge >= 0.3 is 0 Å². The Labute approximate surface area is 103 Å². The van der Waals surface area contributed by atoms with Crippen molar-refractivity contribution in [3.05, 3.63) is 33.8 Å². The minimum atomic E-state index is -0.196. The summed E-state index contributed by atoms with van der Waals surface area (Å²) in [5.41, 5.74) is 1.58. The van der Waals surface area contributed by atoms with Gasteiger partial charge in [0.25, 0.3) is 5.91 Å². The molecule has 1 heterocycles. The fraction of sp³-hybridized carbons (Fsp3) is 0.333. The predicted molar refractivity (Wildman–Crippen MR) is 64.2 cm³/mol. The topological polar surface area (TPSA) is 37.4 Å². The van der Waals surface area contributed by atoms with E-state index in [4.69, 9.17) is 0 Å². The molecule has 0 radical (unpaired) electrons. The molecule has 1 aromatic carbocycles. The number of rotatable bonds is 1. The lowest BCUT2D eigenvalue weighted by Gasteiger charge is -2.14. The molecule has 2 amide bonds. The normalized spacial score (nSPS) is 15.6. The van der Waals surface area contributed by atoms with Gasteiger partial charge in [0.2, 0.25) is 5.91 Å². The van der Waals surface area contributed by atoms with Gasteiger partial charge in [-0.05, 0) is 41.4 Å². The van der Waals surface area contributed by atoms with Crippen LogP contribution in [0.3, 0.4) is 0 Å². The van der Waals surface area contributed by atoms with Crippen LogP contribution in [0, 0.1) is 6.92 Å². The second-order valence-corrected chi connectivity index (χ2v) is 4.79. The van der Waals surface area contributed by atoms with Crippen LogP contribution in [0.5, 0.6) is 0 Å². The van der Waals surface area contributed by atoms with Gasteiger partial charge < -0.3 is 0 Å². The van der Waals surface area contributed by atoms with Gasteiger partial charge in [-0.1, -0.05) is 11.6 Å². The highest BCUT2D eigenvalue weighted by atomic mass is 79.9. The van der Waals surface area contributed by atoms with Crippen molar-refractivity contribution in [3.8, 4) is 0 Å². The van der Waals surface area contributed by atoms with Crippen molar-refractivity contribution in [2.24, 2.45) is 0 Å². The molecule has 84 valence electrons. The molecule has 0 unspecified atom stereocenters. The molecule has 1 aliphatic rings. The van der Waals surface area contributed by atoms with Gasteiger partial charge in [-0.3, -0.25) is 14.5 Å². The Bertz CT molecular complexity index is 456. The third-order valence-electron chi connectivity index (χ3n) is 2.67. The minimum absolute atomic E-state index is 0.0709. The second-order valence-electron chi connectivity index (χ2n) is 3.94. The van der Waals surface area contributed by atoms with Crippen LogP contribution >= 0.6 is 15.9 Å². The molecule has 1 aromatic rings. The zero-order valence-corrected chi connectivity index (χ0v) is 10.6. The molecule has 16 heavy (non-hydrogen) atoms. The predicted octanol–water partition coefficient (Wildman–Crippen LogP) is 2.52. The van der Waals surface area contributed by atoms with E-state index in [0.717, 1.165) is 16.5 Å². The van der Waals surface area contributed by atoms with Crippen LogP contribution in [-0.2, 0) is 4.79 Å². The number of benzene rings is 1. The van der Waals surface area contributed by atoms with Gasteiger partial charge in [-0.2, -0.15) is 0 Å². The lowest BCUT2D eigenvalue weighted by molar-refractivity contribution is -0.125. The monoisotopic (exact) mass is 281 g/mol. The summed E-state index contributed by atoms with van der Waals surface area (Å²) in [6, 6.07) is 5.56. The number of halogens is 1. The van der Waals surface area contributed by atoms with Crippen molar-refractivity contribution in [2.45, 2.75) is 19.8 Å². The molecule has 3 nitrogen and oxygen atoms in total. The first-order valence-corrected chi connectivity index (χ1v) is 6.00. The summed E-state index contributed by atoms with van der Waals surface area (Å²) in [4.78, 5) is 24.9. The Balaban J connectivity index is 2.33. The molecule has 2 rings (SSSR count). The number of hydrogen-bond acceptors (Lipinski definition) is 2. The first-order valence-electron chi connectivity index (χ1n) is 5.20. The van der Waals surface area contributed by atoms with E-state index < -0.39 is 0 Å². The molecule has 0 aliphatic carbocycles. The zero-order chi connectivity index (χ0) is 11.7. The molecular weight excluding hydrogens is 270 g/mol. The molecular formula is C12H12BrNO2. The summed E-state index contributed by atoms with van der Waals surface area (Å²) in [5, 5.41) is 0. The lowest BCUT2D eigenvalue weighted by Crippen LogP contribution is -2.32. The van der Waals surface area contributed by atoms with Crippen molar-refractivity contribution >= 4 is 27.7 Å². The SMILES string of the molecule is Cc1ccc(Br)c(C(=O)N2CCCC2=O)c1. The molecule has 1 fully saturated rings. The van der Waals surface area contributed by atoms with Crippen molar-refractivity contribution in [3.63, 3.8) is 0 Å². The third-order valence-corrected chi connectivity index (χ3v) is 3.36. The third kappa shape index (κ3) is 2.02. The van der Waals surface area contributed by atoms with E-state index in [0.29, 0.717) is 18.5 Å². The van der Waals surface area contributed by atoms with Crippen LogP contribution in [0.4, 0.5) is 0 Å². The molecule has 0 N–H and O–H groups in total. The van der Waals surface area contributed by atoms with Gasteiger partial charge in [0.1, 0.15) is 0 Å². The lowest BCUT2D eigenvalue weighted by atomic mass is 10.1. The number of hydrogen-bond donors (Lipinski definition) is 0. The molecule has 0 atom stereocenters. The number of nitrogens with zero attached hydrogens (tertiary/aromatic N) is 1. The highest BCUT2D eigenvalue weighted by Gasteiger charge is 2.28. The van der Waals surface area contributed by atoms with Gasteiger partial charge in [-0.25, -0.2) is 0 Å². The highest BCUT2D eigenvalue weighted by molar-refractivity contribution is 9.10. The number of amides is 2. The number of imide groups is 1. The van der Waals surface area contributed by atoms with Gasteiger partial charge in [0, 0.05) is 17.4 Å². The maximum atomic E-state index is 12.1. The Morgan fingerprint density at radius 2 is 2.19 bits per heavy atom. The first-order chi connectivity index (χ1) is 7.59. The van der Waals surface area contributed by atoms with E-state index >= 15 is 0 Å². The summed E-state index contributed by atoms with van der Waals surface area (Å²) >= 11 is 3.34. The minimum Gasteiger partial charge on any atom is -0.278 e. The smallest absolute Gasteiger partial charge is 0.261 e. The van der Waals surface area contributed by atoms with Crippen LogP contribution in [0.2, 0.25) is 0 Å². The van der Waals surface area contributed by atoms with Crippen LogP contribution < -0.4 is 0 Å². The van der Waals surface area contributed by atoms with Crippen LogP contribution in [0.25, 0.3) is 0 Å². The molecule has 0 bridgehead atoms. The largest absolute Gasteiger partial charge is 0.278 e. The Morgan fingerprint density at radius 3 is 2.81 bits per heavy atom. The van der Waals surface area contributed by atoms with Gasteiger partial charge in [0.05, 0.1) is 5.56 Å². The average Bonchev–Trinajstić information content (AvgIpc) is 2.67. The average molecular weight is 282 g/mol. The molecule has 0 saturated carbocycles. The Hall–Kier alpha value is -1.16. The fourth-order valence-electron chi connectivity index (χ4n) is 1.81. The van der Waals surface area contributed by atoms with E-state index in [2.05, 4.69) is 15.9 Å². The van der Waals surface area contributed by atoms with Gasteiger partial charge in [-0.15, -0.1) is 0 Å². The maximum absolute atomic E-state index is 12.1. The fourth-order valence-corrected chi connectivity index (χ4v) is 2.23. The quantitative estimate of drug-likeness (QED) is 0.742. The van der Waals surface area contributed by atoms with Crippen molar-refractivity contribution in [2.75, 3.05) is 6.54 Å². The van der Waals surface area contributed by atoms with E-state index in [1.807, 2.05) is 19.1 Å². The summed E-state index contributed by atoms with van der Waals surface area (Å²) < 4.78 is 0.739. The van der Waals surface area contributed by atoms with E-state index in [1.54, 1.807) is 6.07 Å². The van der Waals surface area contributed by atoms with Crippen molar-refractivity contribution in [1.29, 1.82) is 0 Å². The molecule has 0 spiro atoms. The summed E-state index contributed by atoms with van der Waals surface area (Å²) in [6.45, 7) is 2.47. The van der Waals surface area contributed by atoms with Crippen LogP contribution in [0.15, 0.2) is 22.7 Å². The zero-order valence-electron chi connectivity index (χ0n) is 9.00. The molecule has 4 heteroatoms. The highest BCUT2D eigenvalue weighted by Crippen LogP contribution is 2.22. The number of aryl methyl sites for hydroxylation is 1. The number of carbonyl (C=O) groups excluding carboxylic acids is 2.